The van der Waals surface area contributed by atoms with Crippen LogP contribution in [0.3, 0.4) is 0 Å². The normalized spacial score (nSPS) is 13.3. The Kier molecular flexibility index (Phi) is 6.15. The molecule has 0 unspecified atom stereocenters. The highest BCUT2D eigenvalue weighted by Crippen LogP contribution is 2.31. The Morgan fingerprint density at radius 1 is 0.909 bits per heavy atom. The fraction of sp³-hybridized carbons (Fsp3) is 0.167. The summed E-state index contributed by atoms with van der Waals surface area (Å²) in [5.41, 5.74) is 2.21. The van der Waals surface area contributed by atoms with Gasteiger partial charge in [0.2, 0.25) is 5.91 Å². The van der Waals surface area contributed by atoms with Gasteiger partial charge >= 0.3 is 0 Å². The number of hydrogen-bond donors (Lipinski definition) is 3. The number of carbonyl (C=O) groups excluding carboxylic acids is 2. The van der Waals surface area contributed by atoms with E-state index >= 15 is 0 Å². The number of amides is 2. The van der Waals surface area contributed by atoms with Crippen LogP contribution >= 0.6 is 0 Å². The fourth-order valence-electron chi connectivity index (χ4n) is 3.16. The Morgan fingerprint density at radius 2 is 1.61 bits per heavy atom. The minimum absolute atomic E-state index is 0.0392. The zero-order chi connectivity index (χ0) is 23.6. The number of rotatable bonds is 7. The van der Waals surface area contributed by atoms with Crippen LogP contribution in [0.5, 0.6) is 0 Å². The highest BCUT2D eigenvalue weighted by molar-refractivity contribution is 7.92. The van der Waals surface area contributed by atoms with Gasteiger partial charge in [0, 0.05) is 28.5 Å². The SMILES string of the molecule is Cc1ccc(NC(=O)C2CC2)cc1NC(=O)c1cccc(S(=O)(=O)Nc2ccc(F)cc2)c1. The first-order valence-corrected chi connectivity index (χ1v) is 11.8. The number of carbonyl (C=O) groups is 2. The first-order chi connectivity index (χ1) is 15.7. The lowest BCUT2D eigenvalue weighted by Gasteiger charge is -2.13. The Morgan fingerprint density at radius 3 is 2.30 bits per heavy atom. The second-order valence-electron chi connectivity index (χ2n) is 7.89. The Bertz CT molecular complexity index is 1320. The molecule has 4 rings (SSSR count). The molecule has 170 valence electrons. The zero-order valence-electron chi connectivity index (χ0n) is 17.8. The largest absolute Gasteiger partial charge is 0.326 e. The van der Waals surface area contributed by atoms with Gasteiger partial charge in [-0.2, -0.15) is 0 Å². The molecule has 9 heteroatoms. The van der Waals surface area contributed by atoms with Gasteiger partial charge < -0.3 is 10.6 Å². The van der Waals surface area contributed by atoms with Gasteiger partial charge in [-0.3, -0.25) is 14.3 Å². The van der Waals surface area contributed by atoms with Crippen molar-refractivity contribution in [2.24, 2.45) is 5.92 Å². The Hall–Kier alpha value is -3.72. The van der Waals surface area contributed by atoms with Crippen molar-refractivity contribution >= 4 is 38.9 Å². The summed E-state index contributed by atoms with van der Waals surface area (Å²) in [6.07, 6.45) is 1.77. The van der Waals surface area contributed by atoms with Crippen LogP contribution in [0.2, 0.25) is 0 Å². The minimum Gasteiger partial charge on any atom is -0.326 e. The van der Waals surface area contributed by atoms with Gasteiger partial charge in [0.05, 0.1) is 4.90 Å². The molecular formula is C24H22FN3O4S. The van der Waals surface area contributed by atoms with Crippen LogP contribution in [0.1, 0.15) is 28.8 Å². The average molecular weight is 468 g/mol. The summed E-state index contributed by atoms with van der Waals surface area (Å²) in [4.78, 5) is 24.7. The number of benzene rings is 3. The summed E-state index contributed by atoms with van der Waals surface area (Å²) in [5.74, 6) is -0.967. The molecule has 0 aliphatic heterocycles. The quantitative estimate of drug-likeness (QED) is 0.475. The van der Waals surface area contributed by atoms with E-state index < -0.39 is 21.7 Å². The van der Waals surface area contributed by atoms with E-state index in [-0.39, 0.29) is 28.0 Å². The summed E-state index contributed by atoms with van der Waals surface area (Å²) in [6, 6.07) is 15.7. The van der Waals surface area contributed by atoms with Crippen molar-refractivity contribution in [2.45, 2.75) is 24.7 Å². The second-order valence-corrected chi connectivity index (χ2v) is 9.57. The molecule has 3 aromatic rings. The van der Waals surface area contributed by atoms with E-state index in [1.165, 1.54) is 36.4 Å². The topological polar surface area (TPSA) is 104 Å². The number of nitrogens with one attached hydrogen (secondary N) is 3. The van der Waals surface area contributed by atoms with E-state index in [1.54, 1.807) is 18.2 Å². The molecule has 7 nitrogen and oxygen atoms in total. The van der Waals surface area contributed by atoms with Crippen LogP contribution in [0.4, 0.5) is 21.5 Å². The van der Waals surface area contributed by atoms with E-state index in [0.29, 0.717) is 11.4 Å². The maximum Gasteiger partial charge on any atom is 0.261 e. The molecule has 0 heterocycles. The monoisotopic (exact) mass is 467 g/mol. The number of aryl methyl sites for hydroxylation is 1. The maximum absolute atomic E-state index is 13.1. The van der Waals surface area contributed by atoms with Crippen molar-refractivity contribution in [2.75, 3.05) is 15.4 Å². The van der Waals surface area contributed by atoms with Gasteiger partial charge in [0.1, 0.15) is 5.82 Å². The van der Waals surface area contributed by atoms with Gasteiger partial charge in [-0.25, -0.2) is 12.8 Å². The Balaban J connectivity index is 1.50. The predicted octanol–water partition coefficient (Wildman–Crippen LogP) is 4.54. The highest BCUT2D eigenvalue weighted by Gasteiger charge is 2.29. The summed E-state index contributed by atoms with van der Waals surface area (Å²) >= 11 is 0. The van der Waals surface area contributed by atoms with Crippen LogP contribution in [-0.4, -0.2) is 20.2 Å². The average Bonchev–Trinajstić information content (AvgIpc) is 3.63. The van der Waals surface area contributed by atoms with Crippen LogP contribution in [-0.2, 0) is 14.8 Å². The van der Waals surface area contributed by atoms with Crippen molar-refractivity contribution in [3.8, 4) is 0 Å². The van der Waals surface area contributed by atoms with Crippen molar-refractivity contribution in [3.05, 3.63) is 83.7 Å². The maximum atomic E-state index is 13.1. The molecule has 0 spiro atoms. The molecule has 0 aromatic heterocycles. The molecule has 0 saturated heterocycles. The van der Waals surface area contributed by atoms with Crippen molar-refractivity contribution in [3.63, 3.8) is 0 Å². The van der Waals surface area contributed by atoms with Crippen LogP contribution in [0.15, 0.2) is 71.6 Å². The van der Waals surface area contributed by atoms with Crippen molar-refractivity contribution in [1.82, 2.24) is 0 Å². The third-order valence-electron chi connectivity index (χ3n) is 5.20. The van der Waals surface area contributed by atoms with Gasteiger partial charge in [0.25, 0.3) is 15.9 Å². The molecule has 3 aromatic carbocycles. The number of anilines is 3. The first kappa shape index (κ1) is 22.5. The lowest BCUT2D eigenvalue weighted by molar-refractivity contribution is -0.117. The molecule has 2 amide bonds. The third kappa shape index (κ3) is 5.56. The molecule has 1 fully saturated rings. The molecule has 0 bridgehead atoms. The molecule has 1 aliphatic rings. The van der Waals surface area contributed by atoms with Gasteiger partial charge in [-0.1, -0.05) is 12.1 Å². The van der Waals surface area contributed by atoms with Crippen LogP contribution in [0.25, 0.3) is 0 Å². The van der Waals surface area contributed by atoms with Gasteiger partial charge in [0.15, 0.2) is 0 Å². The van der Waals surface area contributed by atoms with E-state index in [2.05, 4.69) is 15.4 Å². The van der Waals surface area contributed by atoms with E-state index in [4.69, 9.17) is 0 Å². The first-order valence-electron chi connectivity index (χ1n) is 10.3. The number of sulfonamides is 1. The lowest BCUT2D eigenvalue weighted by Crippen LogP contribution is -2.17. The van der Waals surface area contributed by atoms with E-state index in [0.717, 1.165) is 30.5 Å². The lowest BCUT2D eigenvalue weighted by atomic mass is 10.1. The third-order valence-corrected chi connectivity index (χ3v) is 6.58. The summed E-state index contributed by atoms with van der Waals surface area (Å²) in [6.45, 7) is 1.82. The van der Waals surface area contributed by atoms with Gasteiger partial charge in [-0.05, 0) is 79.9 Å². The highest BCUT2D eigenvalue weighted by atomic mass is 32.2. The summed E-state index contributed by atoms with van der Waals surface area (Å²) < 4.78 is 40.8. The van der Waals surface area contributed by atoms with Gasteiger partial charge in [-0.15, -0.1) is 0 Å². The zero-order valence-corrected chi connectivity index (χ0v) is 18.6. The molecule has 0 atom stereocenters. The fourth-order valence-corrected chi connectivity index (χ4v) is 4.26. The number of halogens is 1. The molecule has 1 saturated carbocycles. The molecule has 33 heavy (non-hydrogen) atoms. The van der Waals surface area contributed by atoms with Crippen molar-refractivity contribution in [1.29, 1.82) is 0 Å². The van der Waals surface area contributed by atoms with E-state index in [1.807, 2.05) is 6.92 Å². The molecular weight excluding hydrogens is 445 g/mol. The van der Waals surface area contributed by atoms with Crippen molar-refractivity contribution < 1.29 is 22.4 Å². The predicted molar refractivity (Wildman–Crippen MR) is 124 cm³/mol. The number of hydrogen-bond acceptors (Lipinski definition) is 4. The minimum atomic E-state index is -3.99. The van der Waals surface area contributed by atoms with Crippen LogP contribution in [0, 0.1) is 18.7 Å². The standard InChI is InChI=1S/C24H22FN3O4S/c1-15-5-10-20(26-23(29)16-6-7-16)14-22(15)27-24(30)17-3-2-4-21(13-17)33(31,32)28-19-11-8-18(25)9-12-19/h2-5,8-14,16,28H,6-7H2,1H3,(H,26,29)(H,27,30). The summed E-state index contributed by atoms with van der Waals surface area (Å²) in [7, 11) is -3.99. The smallest absolute Gasteiger partial charge is 0.261 e. The van der Waals surface area contributed by atoms with Crippen LogP contribution < -0.4 is 15.4 Å². The second kappa shape index (κ2) is 9.03. The summed E-state index contributed by atoms with van der Waals surface area (Å²) in [5, 5.41) is 5.61. The van der Waals surface area contributed by atoms with E-state index in [9.17, 15) is 22.4 Å². The molecule has 1 aliphatic carbocycles. The Labute approximate surface area is 191 Å². The molecule has 3 N–H and O–H groups in total. The molecule has 0 radical (unpaired) electrons.